The Morgan fingerprint density at radius 3 is 2.94 bits per heavy atom. The van der Waals surface area contributed by atoms with Gasteiger partial charge in [-0.15, -0.1) is 0 Å². The number of aryl methyl sites for hydroxylation is 1. The molecule has 0 aromatic carbocycles. The lowest BCUT2D eigenvalue weighted by Gasteiger charge is -2.11. The van der Waals surface area contributed by atoms with Gasteiger partial charge in [-0.05, 0) is 25.5 Å². The zero-order chi connectivity index (χ0) is 12.0. The predicted octanol–water partition coefficient (Wildman–Crippen LogP) is 0.782. The van der Waals surface area contributed by atoms with Gasteiger partial charge in [0.05, 0.1) is 24.1 Å². The summed E-state index contributed by atoms with van der Waals surface area (Å²) >= 11 is 0. The molecule has 0 aliphatic carbocycles. The second-order valence-corrected chi connectivity index (χ2v) is 3.70. The quantitative estimate of drug-likeness (QED) is 0.666. The van der Waals surface area contributed by atoms with Crippen LogP contribution in [0.1, 0.15) is 12.1 Å². The molecule has 1 aromatic rings. The largest absolute Gasteiger partial charge is 0.397 e. The fraction of sp³-hybridized carbons (Fsp3) is 0.545. The van der Waals surface area contributed by atoms with Crippen LogP contribution in [0, 0.1) is 6.92 Å². The minimum absolute atomic E-state index is 0.357. The Kier molecular flexibility index (Phi) is 5.01. The number of hydrogen-bond acceptors (Lipinski definition) is 5. The van der Waals surface area contributed by atoms with Crippen molar-refractivity contribution < 1.29 is 9.84 Å². The van der Waals surface area contributed by atoms with Crippen molar-refractivity contribution in [1.29, 1.82) is 0 Å². The number of hydrogen-bond donors (Lipinski definition) is 3. The lowest BCUT2D eigenvalue weighted by Crippen LogP contribution is -2.18. The molecule has 1 rings (SSSR count). The molecular formula is C11H19N3O2. The molecule has 0 aliphatic rings. The number of rotatable bonds is 6. The number of anilines is 2. The molecule has 0 saturated carbocycles. The molecule has 90 valence electrons. The minimum Gasteiger partial charge on any atom is -0.397 e. The molecule has 16 heavy (non-hydrogen) atoms. The summed E-state index contributed by atoms with van der Waals surface area (Å²) in [5, 5.41) is 12.5. The van der Waals surface area contributed by atoms with E-state index in [1.165, 1.54) is 0 Å². The van der Waals surface area contributed by atoms with Crippen LogP contribution in [0.25, 0.3) is 0 Å². The Hall–Kier alpha value is -1.33. The molecule has 4 N–H and O–H groups in total. The highest BCUT2D eigenvalue weighted by Gasteiger charge is 2.03. The maximum absolute atomic E-state index is 9.42. The minimum atomic E-state index is -0.438. The van der Waals surface area contributed by atoms with Crippen molar-refractivity contribution in [2.75, 3.05) is 31.3 Å². The van der Waals surface area contributed by atoms with E-state index in [2.05, 4.69) is 10.3 Å². The third kappa shape index (κ3) is 4.04. The lowest BCUT2D eigenvalue weighted by atomic mass is 10.2. The monoisotopic (exact) mass is 225 g/mol. The van der Waals surface area contributed by atoms with Crippen molar-refractivity contribution >= 4 is 11.5 Å². The molecule has 1 aromatic heterocycles. The average molecular weight is 225 g/mol. The van der Waals surface area contributed by atoms with E-state index in [0.29, 0.717) is 25.3 Å². The Bertz CT molecular complexity index is 331. The second-order valence-electron chi connectivity index (χ2n) is 3.70. The van der Waals surface area contributed by atoms with Crippen molar-refractivity contribution in [3.63, 3.8) is 0 Å². The maximum Gasteiger partial charge on any atom is 0.126 e. The van der Waals surface area contributed by atoms with Crippen molar-refractivity contribution in [1.82, 2.24) is 4.98 Å². The first-order chi connectivity index (χ1) is 7.63. The van der Waals surface area contributed by atoms with E-state index in [1.54, 1.807) is 7.11 Å². The molecule has 0 radical (unpaired) electrons. The molecule has 5 nitrogen and oxygen atoms in total. The lowest BCUT2D eigenvalue weighted by molar-refractivity contribution is 0.0615. The van der Waals surface area contributed by atoms with Gasteiger partial charge in [0.15, 0.2) is 0 Å². The molecule has 0 fully saturated rings. The van der Waals surface area contributed by atoms with Crippen LogP contribution < -0.4 is 11.1 Å². The number of nitrogens with zero attached hydrogens (tertiary/aromatic N) is 1. The van der Waals surface area contributed by atoms with E-state index in [9.17, 15) is 5.11 Å². The summed E-state index contributed by atoms with van der Waals surface area (Å²) in [7, 11) is 1.57. The van der Waals surface area contributed by atoms with E-state index in [4.69, 9.17) is 10.5 Å². The van der Waals surface area contributed by atoms with E-state index in [1.807, 2.05) is 19.1 Å². The first-order valence-electron chi connectivity index (χ1n) is 5.27. The van der Waals surface area contributed by atoms with Gasteiger partial charge in [0.2, 0.25) is 0 Å². The summed E-state index contributed by atoms with van der Waals surface area (Å²) in [5.41, 5.74) is 7.15. The molecule has 1 atom stereocenters. The van der Waals surface area contributed by atoms with Crippen LogP contribution in [0.2, 0.25) is 0 Å². The molecule has 0 bridgehead atoms. The number of nitrogen functional groups attached to an aromatic ring is 1. The summed E-state index contributed by atoms with van der Waals surface area (Å²) in [6.07, 6.45) is 0.186. The summed E-state index contributed by atoms with van der Waals surface area (Å²) < 4.78 is 4.83. The number of aliphatic hydroxyl groups is 1. The molecule has 0 amide bonds. The Morgan fingerprint density at radius 2 is 2.31 bits per heavy atom. The highest BCUT2D eigenvalue weighted by atomic mass is 16.5. The van der Waals surface area contributed by atoms with E-state index in [0.717, 1.165) is 11.5 Å². The number of methoxy groups -OCH3 is 1. The normalized spacial score (nSPS) is 12.4. The molecule has 0 aliphatic heterocycles. The van der Waals surface area contributed by atoms with Gasteiger partial charge in [0, 0.05) is 13.7 Å². The highest BCUT2D eigenvalue weighted by Crippen LogP contribution is 2.11. The van der Waals surface area contributed by atoms with Crippen molar-refractivity contribution in [2.45, 2.75) is 19.4 Å². The third-order valence-corrected chi connectivity index (χ3v) is 2.27. The first kappa shape index (κ1) is 12.7. The van der Waals surface area contributed by atoms with Gasteiger partial charge in [0.25, 0.3) is 0 Å². The van der Waals surface area contributed by atoms with Crippen LogP contribution in [0.4, 0.5) is 11.5 Å². The summed E-state index contributed by atoms with van der Waals surface area (Å²) in [6.45, 7) is 2.87. The van der Waals surface area contributed by atoms with Crippen LogP contribution >= 0.6 is 0 Å². The number of pyridine rings is 1. The van der Waals surface area contributed by atoms with Crippen LogP contribution in [0.15, 0.2) is 12.1 Å². The standard InChI is InChI=1S/C11H19N3O2/c1-8-10(12)3-4-11(14-8)13-6-5-9(15)7-16-2/h3-4,9,15H,5-7,12H2,1-2H3,(H,13,14). The van der Waals surface area contributed by atoms with Gasteiger partial charge in [-0.2, -0.15) is 0 Å². The first-order valence-corrected chi connectivity index (χ1v) is 5.27. The molecule has 1 heterocycles. The van der Waals surface area contributed by atoms with Crippen molar-refractivity contribution in [3.8, 4) is 0 Å². The summed E-state index contributed by atoms with van der Waals surface area (Å²) in [6, 6.07) is 3.64. The van der Waals surface area contributed by atoms with Crippen LogP contribution in [-0.2, 0) is 4.74 Å². The van der Waals surface area contributed by atoms with Crippen LogP contribution in [0.3, 0.4) is 0 Å². The van der Waals surface area contributed by atoms with Gasteiger partial charge in [-0.25, -0.2) is 4.98 Å². The molecule has 1 unspecified atom stereocenters. The molecule has 5 heteroatoms. The zero-order valence-electron chi connectivity index (χ0n) is 9.73. The Balaban J connectivity index is 2.34. The van der Waals surface area contributed by atoms with E-state index >= 15 is 0 Å². The van der Waals surface area contributed by atoms with Gasteiger partial charge >= 0.3 is 0 Å². The topological polar surface area (TPSA) is 80.4 Å². The fourth-order valence-electron chi connectivity index (χ4n) is 1.31. The second kappa shape index (κ2) is 6.30. The molecular weight excluding hydrogens is 206 g/mol. The van der Waals surface area contributed by atoms with Gasteiger partial charge in [-0.1, -0.05) is 0 Å². The fourth-order valence-corrected chi connectivity index (χ4v) is 1.31. The predicted molar refractivity (Wildman–Crippen MR) is 64.4 cm³/mol. The van der Waals surface area contributed by atoms with Crippen LogP contribution in [0.5, 0.6) is 0 Å². The Morgan fingerprint density at radius 1 is 1.56 bits per heavy atom. The smallest absolute Gasteiger partial charge is 0.126 e. The molecule has 0 spiro atoms. The van der Waals surface area contributed by atoms with Crippen LogP contribution in [-0.4, -0.2) is 36.5 Å². The number of ether oxygens (including phenoxy) is 1. The maximum atomic E-state index is 9.42. The third-order valence-electron chi connectivity index (χ3n) is 2.27. The summed E-state index contributed by atoms with van der Waals surface area (Å²) in [4.78, 5) is 4.27. The summed E-state index contributed by atoms with van der Waals surface area (Å²) in [5.74, 6) is 0.774. The zero-order valence-corrected chi connectivity index (χ0v) is 9.73. The van der Waals surface area contributed by atoms with Gasteiger partial charge < -0.3 is 20.9 Å². The SMILES string of the molecule is COCC(O)CCNc1ccc(N)c(C)n1. The number of nitrogens with one attached hydrogen (secondary N) is 1. The Labute approximate surface area is 95.6 Å². The number of aromatic nitrogens is 1. The van der Waals surface area contributed by atoms with Gasteiger partial charge in [0.1, 0.15) is 5.82 Å². The van der Waals surface area contributed by atoms with E-state index < -0.39 is 6.10 Å². The number of aliphatic hydroxyl groups excluding tert-OH is 1. The van der Waals surface area contributed by atoms with Gasteiger partial charge in [-0.3, -0.25) is 0 Å². The van der Waals surface area contributed by atoms with Crippen molar-refractivity contribution in [2.24, 2.45) is 0 Å². The number of nitrogens with two attached hydrogens (primary N) is 1. The van der Waals surface area contributed by atoms with Crippen molar-refractivity contribution in [3.05, 3.63) is 17.8 Å². The van der Waals surface area contributed by atoms with E-state index in [-0.39, 0.29) is 0 Å². The average Bonchev–Trinajstić information content (AvgIpc) is 2.24. The highest BCUT2D eigenvalue weighted by molar-refractivity contribution is 5.48. The molecule has 0 saturated heterocycles.